The van der Waals surface area contributed by atoms with E-state index in [0.29, 0.717) is 23.6 Å². The first-order chi connectivity index (χ1) is 12.7. The van der Waals surface area contributed by atoms with Crippen LogP contribution in [0.2, 0.25) is 0 Å². The number of amides is 1. The van der Waals surface area contributed by atoms with E-state index in [-0.39, 0.29) is 5.91 Å². The highest BCUT2D eigenvalue weighted by molar-refractivity contribution is 5.94. The Morgan fingerprint density at radius 1 is 1.04 bits per heavy atom. The van der Waals surface area contributed by atoms with Gasteiger partial charge in [0.15, 0.2) is 0 Å². The van der Waals surface area contributed by atoms with Crippen LogP contribution in [0.5, 0.6) is 11.6 Å². The van der Waals surface area contributed by atoms with E-state index in [9.17, 15) is 9.90 Å². The predicted molar refractivity (Wildman–Crippen MR) is 97.1 cm³/mol. The number of carbonyl (C=O) groups is 1. The summed E-state index contributed by atoms with van der Waals surface area (Å²) < 4.78 is 5.63. The minimum absolute atomic E-state index is 0.274. The number of aliphatic hydroxyl groups excluding tert-OH is 1. The molecule has 2 atom stereocenters. The Morgan fingerprint density at radius 3 is 2.58 bits per heavy atom. The fourth-order valence-electron chi connectivity index (χ4n) is 3.16. The molecule has 2 aromatic carbocycles. The lowest BCUT2D eigenvalue weighted by molar-refractivity contribution is 0.0858. The van der Waals surface area contributed by atoms with Gasteiger partial charge in [0.1, 0.15) is 5.75 Å². The second kappa shape index (κ2) is 6.98. The molecule has 1 aliphatic rings. The van der Waals surface area contributed by atoms with Gasteiger partial charge >= 0.3 is 0 Å². The van der Waals surface area contributed by atoms with E-state index in [1.807, 2.05) is 54.6 Å². The first-order valence-corrected chi connectivity index (χ1v) is 8.46. The lowest BCUT2D eigenvalue weighted by Crippen LogP contribution is -2.33. The van der Waals surface area contributed by atoms with E-state index in [0.717, 1.165) is 11.1 Å². The van der Waals surface area contributed by atoms with E-state index in [4.69, 9.17) is 4.74 Å². The third kappa shape index (κ3) is 3.30. The summed E-state index contributed by atoms with van der Waals surface area (Å²) in [5.74, 6) is 0.825. The number of carbonyl (C=O) groups excluding carboxylic acids is 1. The first-order valence-electron chi connectivity index (χ1n) is 8.46. The maximum atomic E-state index is 12.5. The summed E-state index contributed by atoms with van der Waals surface area (Å²) in [6.45, 7) is 0. The minimum atomic E-state index is -0.620. The lowest BCUT2D eigenvalue weighted by Gasteiger charge is -2.18. The summed E-state index contributed by atoms with van der Waals surface area (Å²) in [7, 11) is 0. The second-order valence-electron chi connectivity index (χ2n) is 6.22. The maximum Gasteiger partial charge on any atom is 0.253 e. The van der Waals surface area contributed by atoms with Gasteiger partial charge in [-0.25, -0.2) is 4.98 Å². The first kappa shape index (κ1) is 16.3. The number of nitrogens with zero attached hydrogens (tertiary/aromatic N) is 1. The fraction of sp³-hybridized carbons (Fsp3) is 0.143. The van der Waals surface area contributed by atoms with E-state index >= 15 is 0 Å². The quantitative estimate of drug-likeness (QED) is 0.761. The molecule has 1 aromatic heterocycles. The number of pyridine rings is 1. The Hall–Kier alpha value is -3.18. The molecule has 0 radical (unpaired) electrons. The summed E-state index contributed by atoms with van der Waals surface area (Å²) in [5.41, 5.74) is 2.45. The van der Waals surface area contributed by atoms with Crippen LogP contribution in [-0.2, 0) is 6.42 Å². The van der Waals surface area contributed by atoms with Crippen molar-refractivity contribution < 1.29 is 14.6 Å². The molecule has 130 valence electrons. The number of fused-ring (bicyclic) bond motifs is 1. The van der Waals surface area contributed by atoms with Gasteiger partial charge in [-0.15, -0.1) is 0 Å². The lowest BCUT2D eigenvalue weighted by atomic mass is 10.1. The van der Waals surface area contributed by atoms with Crippen molar-refractivity contribution in [3.05, 3.63) is 89.6 Å². The smallest absolute Gasteiger partial charge is 0.253 e. The maximum absolute atomic E-state index is 12.5. The number of rotatable bonds is 4. The normalized spacial score (nSPS) is 18.2. The Labute approximate surface area is 151 Å². The number of hydrogen-bond donors (Lipinski definition) is 2. The average Bonchev–Trinajstić information content (AvgIpc) is 2.98. The zero-order chi connectivity index (χ0) is 17.9. The third-order valence-corrected chi connectivity index (χ3v) is 4.45. The van der Waals surface area contributed by atoms with Crippen LogP contribution in [0.15, 0.2) is 72.9 Å². The van der Waals surface area contributed by atoms with Gasteiger partial charge in [-0.2, -0.15) is 0 Å². The molecule has 2 N–H and O–H groups in total. The molecule has 4 rings (SSSR count). The van der Waals surface area contributed by atoms with Crippen molar-refractivity contribution in [3.8, 4) is 11.6 Å². The van der Waals surface area contributed by atoms with Crippen LogP contribution in [-0.4, -0.2) is 22.1 Å². The van der Waals surface area contributed by atoms with Gasteiger partial charge < -0.3 is 15.2 Å². The zero-order valence-electron chi connectivity index (χ0n) is 14.0. The number of aliphatic hydroxyl groups is 1. The molecule has 5 heteroatoms. The van der Waals surface area contributed by atoms with Crippen molar-refractivity contribution in [2.45, 2.75) is 18.6 Å². The van der Waals surface area contributed by atoms with Crippen LogP contribution in [0.1, 0.15) is 27.5 Å². The molecule has 0 bridgehead atoms. The highest BCUT2D eigenvalue weighted by Gasteiger charge is 2.32. The molecule has 2 unspecified atom stereocenters. The Kier molecular flexibility index (Phi) is 4.37. The van der Waals surface area contributed by atoms with Crippen molar-refractivity contribution >= 4 is 5.91 Å². The van der Waals surface area contributed by atoms with Crippen molar-refractivity contribution in [3.63, 3.8) is 0 Å². The zero-order valence-corrected chi connectivity index (χ0v) is 14.0. The van der Waals surface area contributed by atoms with Crippen LogP contribution < -0.4 is 10.1 Å². The van der Waals surface area contributed by atoms with Gasteiger partial charge in [0.25, 0.3) is 5.91 Å². The topological polar surface area (TPSA) is 71.5 Å². The van der Waals surface area contributed by atoms with Crippen molar-refractivity contribution in [2.75, 3.05) is 0 Å². The van der Waals surface area contributed by atoms with E-state index in [1.54, 1.807) is 12.1 Å². The number of ether oxygens (including phenoxy) is 1. The molecule has 0 saturated carbocycles. The van der Waals surface area contributed by atoms with Gasteiger partial charge in [-0.1, -0.05) is 42.5 Å². The van der Waals surface area contributed by atoms with Crippen LogP contribution in [0, 0.1) is 0 Å². The molecule has 3 aromatic rings. The summed E-state index contributed by atoms with van der Waals surface area (Å²) in [4.78, 5) is 16.7. The average molecular weight is 346 g/mol. The number of para-hydroxylation sites is 1. The molecular formula is C21H18N2O3. The highest BCUT2D eigenvalue weighted by atomic mass is 16.5. The third-order valence-electron chi connectivity index (χ3n) is 4.45. The van der Waals surface area contributed by atoms with E-state index < -0.39 is 12.1 Å². The second-order valence-corrected chi connectivity index (χ2v) is 6.22. The van der Waals surface area contributed by atoms with Gasteiger partial charge in [-0.3, -0.25) is 4.79 Å². The molecule has 0 saturated heterocycles. The van der Waals surface area contributed by atoms with Gasteiger partial charge in [0.05, 0.1) is 17.7 Å². The van der Waals surface area contributed by atoms with Crippen LogP contribution >= 0.6 is 0 Å². The van der Waals surface area contributed by atoms with Crippen molar-refractivity contribution in [2.24, 2.45) is 0 Å². The predicted octanol–water partition coefficient (Wildman–Crippen LogP) is 3.26. The fourth-order valence-corrected chi connectivity index (χ4v) is 3.16. The molecule has 1 amide bonds. The molecule has 26 heavy (non-hydrogen) atoms. The molecule has 1 aliphatic carbocycles. The molecule has 0 spiro atoms. The van der Waals surface area contributed by atoms with Crippen LogP contribution in [0.25, 0.3) is 0 Å². The number of aromatic nitrogens is 1. The van der Waals surface area contributed by atoms with Crippen LogP contribution in [0.3, 0.4) is 0 Å². The summed E-state index contributed by atoms with van der Waals surface area (Å²) in [6, 6.07) is 20.0. The summed E-state index contributed by atoms with van der Waals surface area (Å²) in [6.07, 6.45) is 1.40. The minimum Gasteiger partial charge on any atom is -0.439 e. The Bertz CT molecular complexity index is 910. The SMILES string of the molecule is O=C(NC1c2ccccc2CC1O)c1ccc(Oc2ccccc2)nc1. The standard InChI is InChI=1S/C21H18N2O3/c24-18-12-14-6-4-5-9-17(14)20(18)23-21(25)15-10-11-19(22-13-15)26-16-7-2-1-3-8-16/h1-11,13,18,20,24H,12H2,(H,23,25). The molecule has 1 heterocycles. The van der Waals surface area contributed by atoms with Crippen LogP contribution in [0.4, 0.5) is 0 Å². The number of benzene rings is 2. The number of hydrogen-bond acceptors (Lipinski definition) is 4. The van der Waals surface area contributed by atoms with Gasteiger partial charge in [0.2, 0.25) is 5.88 Å². The van der Waals surface area contributed by atoms with E-state index in [1.165, 1.54) is 6.20 Å². The molecule has 0 aliphatic heterocycles. The van der Waals surface area contributed by atoms with E-state index in [2.05, 4.69) is 10.3 Å². The molecule has 0 fully saturated rings. The van der Waals surface area contributed by atoms with Crippen molar-refractivity contribution in [1.29, 1.82) is 0 Å². The summed E-state index contributed by atoms with van der Waals surface area (Å²) >= 11 is 0. The molecular weight excluding hydrogens is 328 g/mol. The largest absolute Gasteiger partial charge is 0.439 e. The van der Waals surface area contributed by atoms with Gasteiger partial charge in [-0.05, 0) is 29.3 Å². The highest BCUT2D eigenvalue weighted by Crippen LogP contribution is 2.31. The monoisotopic (exact) mass is 346 g/mol. The number of nitrogens with one attached hydrogen (secondary N) is 1. The van der Waals surface area contributed by atoms with Gasteiger partial charge in [0, 0.05) is 18.7 Å². The Balaban J connectivity index is 1.45. The van der Waals surface area contributed by atoms with Crippen molar-refractivity contribution in [1.82, 2.24) is 10.3 Å². The molecule has 5 nitrogen and oxygen atoms in total. The Morgan fingerprint density at radius 2 is 1.81 bits per heavy atom. The summed E-state index contributed by atoms with van der Waals surface area (Å²) in [5, 5.41) is 13.2.